The lowest BCUT2D eigenvalue weighted by atomic mass is 10.2. The number of nitrogens with zero attached hydrogens (tertiary/aromatic N) is 5. The first-order valence-corrected chi connectivity index (χ1v) is 8.53. The number of benzene rings is 1. The fourth-order valence-electron chi connectivity index (χ4n) is 3.28. The van der Waals surface area contributed by atoms with E-state index in [2.05, 4.69) is 14.9 Å². The van der Waals surface area contributed by atoms with E-state index in [0.717, 1.165) is 11.8 Å². The normalized spacial score (nSPS) is 16.2. The zero-order chi connectivity index (χ0) is 19.0. The first-order chi connectivity index (χ1) is 12.9. The molecule has 3 aromatic rings. The van der Waals surface area contributed by atoms with E-state index in [1.54, 1.807) is 6.07 Å². The van der Waals surface area contributed by atoms with Gasteiger partial charge in [0, 0.05) is 51.3 Å². The maximum absolute atomic E-state index is 13.3. The van der Waals surface area contributed by atoms with Gasteiger partial charge in [-0.3, -0.25) is 4.90 Å². The fraction of sp³-hybridized carbons (Fsp3) is 0.333. The molecule has 0 atom stereocenters. The molecule has 0 amide bonds. The average molecular weight is 379 g/mol. The zero-order valence-corrected chi connectivity index (χ0v) is 14.3. The molecule has 0 aliphatic carbocycles. The van der Waals surface area contributed by atoms with Crippen molar-refractivity contribution < 1.29 is 17.6 Å². The summed E-state index contributed by atoms with van der Waals surface area (Å²) in [4.78, 5) is 12.1. The third-order valence-electron chi connectivity index (χ3n) is 4.61. The van der Waals surface area contributed by atoms with Crippen molar-refractivity contribution in [3.05, 3.63) is 59.9 Å². The second-order valence-electron chi connectivity index (χ2n) is 6.50. The molecule has 1 saturated heterocycles. The number of rotatable bonds is 3. The summed E-state index contributed by atoms with van der Waals surface area (Å²) in [6, 6.07) is 6.48. The standard InChI is InChI=1S/C18H17F4N5/c19-14-3-1-2-13(10-14)11-25-6-8-26(9-7-25)16-17-24-15(18(20,21)22)12-27(17)5-4-23-16/h1-5,10,12H,6-9,11H2. The van der Waals surface area contributed by atoms with Gasteiger partial charge in [0.25, 0.3) is 0 Å². The lowest BCUT2D eigenvalue weighted by Gasteiger charge is -2.35. The molecule has 27 heavy (non-hydrogen) atoms. The molecule has 0 spiro atoms. The summed E-state index contributed by atoms with van der Waals surface area (Å²) in [5.41, 5.74) is 0.164. The van der Waals surface area contributed by atoms with Crippen molar-refractivity contribution in [2.45, 2.75) is 12.7 Å². The number of anilines is 1. The Kier molecular flexibility index (Phi) is 4.47. The summed E-state index contributed by atoms with van der Waals surface area (Å²) in [6.45, 7) is 3.25. The maximum atomic E-state index is 13.3. The number of fused-ring (bicyclic) bond motifs is 1. The van der Waals surface area contributed by atoms with Crippen LogP contribution < -0.4 is 4.90 Å². The zero-order valence-electron chi connectivity index (χ0n) is 14.3. The minimum Gasteiger partial charge on any atom is -0.351 e. The van der Waals surface area contributed by atoms with Crippen LogP contribution in [0.5, 0.6) is 0 Å². The van der Waals surface area contributed by atoms with Gasteiger partial charge in [0.1, 0.15) is 5.82 Å². The molecular formula is C18H17F4N5. The molecular weight excluding hydrogens is 362 g/mol. The molecule has 1 aromatic carbocycles. The van der Waals surface area contributed by atoms with E-state index in [0.29, 0.717) is 38.5 Å². The van der Waals surface area contributed by atoms with E-state index in [-0.39, 0.29) is 11.5 Å². The summed E-state index contributed by atoms with van der Waals surface area (Å²) in [6.07, 6.45) is -0.585. The summed E-state index contributed by atoms with van der Waals surface area (Å²) in [5, 5.41) is 0. The maximum Gasteiger partial charge on any atom is 0.434 e. The number of halogens is 4. The van der Waals surface area contributed by atoms with Gasteiger partial charge in [-0.05, 0) is 17.7 Å². The number of aromatic nitrogens is 3. The van der Waals surface area contributed by atoms with E-state index in [1.165, 1.54) is 28.9 Å². The van der Waals surface area contributed by atoms with Crippen LogP contribution in [0.4, 0.5) is 23.4 Å². The molecule has 3 heterocycles. The Labute approximate surface area is 152 Å². The van der Waals surface area contributed by atoms with Crippen molar-refractivity contribution >= 4 is 11.5 Å². The van der Waals surface area contributed by atoms with E-state index in [9.17, 15) is 17.6 Å². The second kappa shape index (κ2) is 6.80. The molecule has 1 aliphatic heterocycles. The first kappa shape index (κ1) is 17.7. The van der Waals surface area contributed by atoms with Crippen LogP contribution in [0.1, 0.15) is 11.3 Å². The molecule has 0 saturated carbocycles. The Morgan fingerprint density at radius 3 is 2.56 bits per heavy atom. The predicted octanol–water partition coefficient (Wildman–Crippen LogP) is 3.21. The Hall–Kier alpha value is -2.68. The van der Waals surface area contributed by atoms with E-state index in [1.807, 2.05) is 11.0 Å². The van der Waals surface area contributed by atoms with Gasteiger partial charge < -0.3 is 9.30 Å². The van der Waals surface area contributed by atoms with Gasteiger partial charge in [0.05, 0.1) is 0 Å². The third kappa shape index (κ3) is 3.73. The Balaban J connectivity index is 1.49. The van der Waals surface area contributed by atoms with Gasteiger partial charge in [0.15, 0.2) is 17.2 Å². The predicted molar refractivity (Wildman–Crippen MR) is 91.9 cm³/mol. The third-order valence-corrected chi connectivity index (χ3v) is 4.61. The Morgan fingerprint density at radius 2 is 1.85 bits per heavy atom. The minimum atomic E-state index is -4.49. The molecule has 5 nitrogen and oxygen atoms in total. The van der Waals surface area contributed by atoms with Crippen molar-refractivity contribution in [2.75, 3.05) is 31.1 Å². The van der Waals surface area contributed by atoms with Crippen LogP contribution in [0.3, 0.4) is 0 Å². The molecule has 0 radical (unpaired) electrons. The summed E-state index contributed by atoms with van der Waals surface area (Å²) >= 11 is 0. The van der Waals surface area contributed by atoms with Crippen LogP contribution in [-0.4, -0.2) is 45.4 Å². The summed E-state index contributed by atoms with van der Waals surface area (Å²) < 4.78 is 53.5. The molecule has 9 heteroatoms. The van der Waals surface area contributed by atoms with Crippen LogP contribution >= 0.6 is 0 Å². The van der Waals surface area contributed by atoms with Gasteiger partial charge in [-0.1, -0.05) is 12.1 Å². The molecule has 142 valence electrons. The first-order valence-electron chi connectivity index (χ1n) is 8.53. The summed E-state index contributed by atoms with van der Waals surface area (Å²) in [7, 11) is 0. The SMILES string of the molecule is Fc1cccc(CN2CCN(c3nccn4cc(C(F)(F)F)nc34)CC2)c1. The number of hydrogen-bond acceptors (Lipinski definition) is 4. The van der Waals surface area contributed by atoms with Crippen LogP contribution in [0.25, 0.3) is 5.65 Å². The Morgan fingerprint density at radius 1 is 1.07 bits per heavy atom. The Bertz CT molecular complexity index is 944. The minimum absolute atomic E-state index is 0.198. The topological polar surface area (TPSA) is 36.7 Å². The molecule has 2 aromatic heterocycles. The highest BCUT2D eigenvalue weighted by Gasteiger charge is 2.34. The van der Waals surface area contributed by atoms with Gasteiger partial charge in [0.2, 0.25) is 0 Å². The van der Waals surface area contributed by atoms with Gasteiger partial charge in [-0.2, -0.15) is 13.2 Å². The molecule has 4 rings (SSSR count). The highest BCUT2D eigenvalue weighted by molar-refractivity contribution is 5.64. The van der Waals surface area contributed by atoms with Crippen molar-refractivity contribution in [1.29, 1.82) is 0 Å². The highest BCUT2D eigenvalue weighted by atomic mass is 19.4. The number of hydrogen-bond donors (Lipinski definition) is 0. The number of piperazine rings is 1. The number of imidazole rings is 1. The summed E-state index contributed by atoms with van der Waals surface area (Å²) in [5.74, 6) is 0.181. The van der Waals surface area contributed by atoms with Crippen molar-refractivity contribution in [3.8, 4) is 0 Å². The molecule has 0 bridgehead atoms. The van der Waals surface area contributed by atoms with Crippen LogP contribution in [0, 0.1) is 5.82 Å². The van der Waals surface area contributed by atoms with Crippen molar-refractivity contribution in [1.82, 2.24) is 19.3 Å². The fourth-order valence-corrected chi connectivity index (χ4v) is 3.28. The molecule has 1 fully saturated rings. The lowest BCUT2D eigenvalue weighted by molar-refractivity contribution is -0.140. The van der Waals surface area contributed by atoms with Gasteiger partial charge in [-0.25, -0.2) is 14.4 Å². The van der Waals surface area contributed by atoms with Crippen molar-refractivity contribution in [3.63, 3.8) is 0 Å². The van der Waals surface area contributed by atoms with Crippen LogP contribution in [0.15, 0.2) is 42.9 Å². The highest BCUT2D eigenvalue weighted by Crippen LogP contribution is 2.30. The van der Waals surface area contributed by atoms with E-state index in [4.69, 9.17) is 0 Å². The van der Waals surface area contributed by atoms with Gasteiger partial charge >= 0.3 is 6.18 Å². The number of alkyl halides is 3. The lowest BCUT2D eigenvalue weighted by Crippen LogP contribution is -2.46. The molecule has 1 aliphatic rings. The average Bonchev–Trinajstić information content (AvgIpc) is 3.07. The van der Waals surface area contributed by atoms with Crippen LogP contribution in [-0.2, 0) is 12.7 Å². The molecule has 0 N–H and O–H groups in total. The van der Waals surface area contributed by atoms with Gasteiger partial charge in [-0.15, -0.1) is 0 Å². The van der Waals surface area contributed by atoms with E-state index < -0.39 is 11.9 Å². The quantitative estimate of drug-likeness (QED) is 0.655. The molecule has 0 unspecified atom stereocenters. The van der Waals surface area contributed by atoms with Crippen LogP contribution in [0.2, 0.25) is 0 Å². The second-order valence-corrected chi connectivity index (χ2v) is 6.50. The van der Waals surface area contributed by atoms with Crippen molar-refractivity contribution in [2.24, 2.45) is 0 Å². The smallest absolute Gasteiger partial charge is 0.351 e. The van der Waals surface area contributed by atoms with E-state index >= 15 is 0 Å². The monoisotopic (exact) mass is 379 g/mol. The largest absolute Gasteiger partial charge is 0.434 e.